The molecule has 1 aromatic rings. The molecule has 0 aromatic carbocycles. The van der Waals surface area contributed by atoms with Gasteiger partial charge in [0.2, 0.25) is 0 Å². The van der Waals surface area contributed by atoms with Gasteiger partial charge >= 0.3 is 0 Å². The van der Waals surface area contributed by atoms with E-state index in [2.05, 4.69) is 41.6 Å². The van der Waals surface area contributed by atoms with Crippen LogP contribution in [0.1, 0.15) is 51.8 Å². The van der Waals surface area contributed by atoms with E-state index in [1.165, 1.54) is 12.8 Å². The van der Waals surface area contributed by atoms with E-state index in [0.29, 0.717) is 0 Å². The van der Waals surface area contributed by atoms with Gasteiger partial charge in [0.1, 0.15) is 5.76 Å². The number of rotatable bonds is 1. The van der Waals surface area contributed by atoms with Gasteiger partial charge in [0.05, 0.1) is 16.8 Å². The molecule has 1 saturated heterocycles. The fourth-order valence-corrected chi connectivity index (χ4v) is 3.23. The molecule has 4 heteroatoms. The molecule has 102 valence electrons. The second-order valence-electron chi connectivity index (χ2n) is 6.10. The van der Waals surface area contributed by atoms with Gasteiger partial charge in [-0.05, 0) is 62.2 Å². The molecule has 0 radical (unpaired) electrons. The number of halogens is 1. The van der Waals surface area contributed by atoms with Crippen LogP contribution in [0.2, 0.25) is 0 Å². The van der Waals surface area contributed by atoms with E-state index in [9.17, 15) is 0 Å². The molecule has 18 heavy (non-hydrogen) atoms. The molecule has 2 atom stereocenters. The van der Waals surface area contributed by atoms with Crippen LogP contribution in [0.5, 0.6) is 0 Å². The Morgan fingerprint density at radius 3 is 2.67 bits per heavy atom. The summed E-state index contributed by atoms with van der Waals surface area (Å²) in [5.41, 5.74) is 6.50. The van der Waals surface area contributed by atoms with Crippen molar-refractivity contribution in [3.05, 3.63) is 22.6 Å². The molecule has 1 aromatic heterocycles. The molecular formula is C14H23BrN2O. The Hall–Kier alpha value is -0.320. The number of hydrogen-bond acceptors (Lipinski definition) is 3. The average molecular weight is 315 g/mol. The summed E-state index contributed by atoms with van der Waals surface area (Å²) in [5.74, 6) is 0.972. The molecule has 1 aliphatic rings. The zero-order valence-electron chi connectivity index (χ0n) is 11.4. The van der Waals surface area contributed by atoms with Crippen LogP contribution in [0, 0.1) is 0 Å². The van der Waals surface area contributed by atoms with E-state index < -0.39 is 0 Å². The lowest BCUT2D eigenvalue weighted by atomic mass is 9.96. The summed E-state index contributed by atoms with van der Waals surface area (Å²) in [6, 6.07) is 2.25. The predicted molar refractivity (Wildman–Crippen MR) is 77.4 cm³/mol. The van der Waals surface area contributed by atoms with Gasteiger partial charge in [-0.15, -0.1) is 0 Å². The van der Waals surface area contributed by atoms with Crippen LogP contribution in [0.15, 0.2) is 21.2 Å². The second kappa shape index (κ2) is 5.35. The van der Waals surface area contributed by atoms with Gasteiger partial charge in [0, 0.05) is 11.6 Å². The van der Waals surface area contributed by atoms with E-state index in [4.69, 9.17) is 10.2 Å². The van der Waals surface area contributed by atoms with E-state index in [1.807, 2.05) is 6.07 Å². The normalized spacial score (nSPS) is 27.2. The summed E-state index contributed by atoms with van der Waals surface area (Å²) in [4.78, 5) is 2.48. The van der Waals surface area contributed by atoms with Crippen LogP contribution in [-0.4, -0.2) is 23.0 Å². The molecule has 0 aliphatic carbocycles. The summed E-state index contributed by atoms with van der Waals surface area (Å²) in [6.45, 7) is 7.81. The second-order valence-corrected chi connectivity index (χ2v) is 6.96. The first-order chi connectivity index (χ1) is 8.41. The molecule has 0 saturated carbocycles. The van der Waals surface area contributed by atoms with Crippen LogP contribution in [0.3, 0.4) is 0 Å². The summed E-state index contributed by atoms with van der Waals surface area (Å²) in [5, 5.41) is 0. The Morgan fingerprint density at radius 2 is 2.11 bits per heavy atom. The molecule has 1 fully saturated rings. The van der Waals surface area contributed by atoms with Crippen molar-refractivity contribution < 1.29 is 4.42 Å². The molecular weight excluding hydrogens is 292 g/mol. The van der Waals surface area contributed by atoms with Crippen molar-refractivity contribution in [2.75, 3.05) is 6.54 Å². The highest BCUT2D eigenvalue weighted by Crippen LogP contribution is 2.38. The lowest BCUT2D eigenvalue weighted by Gasteiger charge is -2.41. The number of hydrogen-bond donors (Lipinski definition) is 1. The third-order valence-corrected chi connectivity index (χ3v) is 4.36. The number of nitrogens with zero attached hydrogens (tertiary/aromatic N) is 1. The summed E-state index contributed by atoms with van der Waals surface area (Å²) in [7, 11) is 0. The third kappa shape index (κ3) is 2.81. The van der Waals surface area contributed by atoms with E-state index in [1.54, 1.807) is 6.26 Å². The molecule has 1 aliphatic heterocycles. The lowest BCUT2D eigenvalue weighted by molar-refractivity contribution is 0.0628. The Kier molecular flexibility index (Phi) is 4.19. The smallest absolute Gasteiger partial charge is 0.136 e. The summed E-state index contributed by atoms with van der Waals surface area (Å²) < 4.78 is 6.71. The molecule has 2 unspecified atom stereocenters. The quantitative estimate of drug-likeness (QED) is 0.859. The topological polar surface area (TPSA) is 42.4 Å². The van der Waals surface area contributed by atoms with Crippen molar-refractivity contribution in [1.82, 2.24) is 4.90 Å². The minimum absolute atomic E-state index is 0.0961. The fraction of sp³-hybridized carbons (Fsp3) is 0.714. The zero-order valence-corrected chi connectivity index (χ0v) is 13.0. The maximum Gasteiger partial charge on any atom is 0.136 e. The van der Waals surface area contributed by atoms with Gasteiger partial charge in [0.25, 0.3) is 0 Å². The third-order valence-electron chi connectivity index (χ3n) is 3.70. The van der Waals surface area contributed by atoms with Crippen molar-refractivity contribution in [3.63, 3.8) is 0 Å². The highest BCUT2D eigenvalue weighted by molar-refractivity contribution is 9.10. The first-order valence-corrected chi connectivity index (χ1v) is 7.46. The molecule has 2 rings (SSSR count). The van der Waals surface area contributed by atoms with Crippen molar-refractivity contribution in [2.24, 2.45) is 5.73 Å². The van der Waals surface area contributed by atoms with Crippen LogP contribution in [-0.2, 0) is 0 Å². The molecule has 2 heterocycles. The first kappa shape index (κ1) is 14.1. The standard InChI is InChI=1S/C14H23BrN2O/c1-14(2,3)17-8-5-4-6-11(16)12(17)13-10(15)7-9-18-13/h7,9,11-12H,4-6,8,16H2,1-3H3. The SMILES string of the molecule is CC(C)(C)N1CCCCC(N)C1c1occc1Br. The fourth-order valence-electron chi connectivity index (χ4n) is 2.80. The van der Waals surface area contributed by atoms with Crippen molar-refractivity contribution in [3.8, 4) is 0 Å². The van der Waals surface area contributed by atoms with Crippen LogP contribution < -0.4 is 5.73 Å². The van der Waals surface area contributed by atoms with Gasteiger partial charge in [-0.25, -0.2) is 0 Å². The van der Waals surface area contributed by atoms with Gasteiger partial charge in [-0.1, -0.05) is 6.42 Å². The Morgan fingerprint density at radius 1 is 1.39 bits per heavy atom. The molecule has 0 bridgehead atoms. The van der Waals surface area contributed by atoms with Gasteiger partial charge < -0.3 is 10.2 Å². The van der Waals surface area contributed by atoms with Crippen LogP contribution >= 0.6 is 15.9 Å². The van der Waals surface area contributed by atoms with Crippen molar-refractivity contribution in [1.29, 1.82) is 0 Å². The Labute approximate surface area is 118 Å². The zero-order chi connectivity index (χ0) is 13.3. The minimum atomic E-state index is 0.0961. The minimum Gasteiger partial charge on any atom is -0.466 e. The Balaban J connectivity index is 2.38. The molecule has 0 spiro atoms. The summed E-state index contributed by atoms with van der Waals surface area (Å²) >= 11 is 3.57. The van der Waals surface area contributed by atoms with Gasteiger partial charge in [-0.3, -0.25) is 4.90 Å². The summed E-state index contributed by atoms with van der Waals surface area (Å²) in [6.07, 6.45) is 5.20. The van der Waals surface area contributed by atoms with Gasteiger partial charge in [-0.2, -0.15) is 0 Å². The van der Waals surface area contributed by atoms with E-state index in [0.717, 1.165) is 23.2 Å². The maximum absolute atomic E-state index is 6.40. The number of furan rings is 1. The predicted octanol–water partition coefficient (Wildman–Crippen LogP) is 3.69. The van der Waals surface area contributed by atoms with Crippen molar-refractivity contribution >= 4 is 15.9 Å². The molecule has 2 N–H and O–H groups in total. The Bertz CT molecular complexity index is 397. The van der Waals surface area contributed by atoms with Gasteiger partial charge in [0.15, 0.2) is 0 Å². The highest BCUT2D eigenvalue weighted by Gasteiger charge is 2.37. The van der Waals surface area contributed by atoms with Crippen molar-refractivity contribution in [2.45, 2.75) is 57.7 Å². The van der Waals surface area contributed by atoms with E-state index in [-0.39, 0.29) is 17.6 Å². The maximum atomic E-state index is 6.40. The monoisotopic (exact) mass is 314 g/mol. The lowest BCUT2D eigenvalue weighted by Crippen LogP contribution is -2.49. The van der Waals surface area contributed by atoms with E-state index >= 15 is 0 Å². The number of likely N-dealkylation sites (tertiary alicyclic amines) is 1. The first-order valence-electron chi connectivity index (χ1n) is 6.66. The molecule has 3 nitrogen and oxygen atoms in total. The van der Waals surface area contributed by atoms with Crippen LogP contribution in [0.25, 0.3) is 0 Å². The molecule has 0 amide bonds. The average Bonchev–Trinajstić information content (AvgIpc) is 2.56. The van der Waals surface area contributed by atoms with Crippen LogP contribution in [0.4, 0.5) is 0 Å². The highest BCUT2D eigenvalue weighted by atomic mass is 79.9. The number of nitrogens with two attached hydrogens (primary N) is 1. The largest absolute Gasteiger partial charge is 0.466 e.